The van der Waals surface area contributed by atoms with Crippen molar-refractivity contribution in [3.05, 3.63) is 18.2 Å². The molecule has 0 aliphatic carbocycles. The highest BCUT2D eigenvalue weighted by molar-refractivity contribution is 5.72. The topological polar surface area (TPSA) is 67.5 Å². The number of nitrogens with two attached hydrogens (primary N) is 1. The molecule has 0 bridgehead atoms. The molecule has 1 aromatic carbocycles. The lowest BCUT2D eigenvalue weighted by molar-refractivity contribution is 0.255. The number of anilines is 2. The van der Waals surface area contributed by atoms with Crippen LogP contribution in [-0.4, -0.2) is 25.4 Å². The summed E-state index contributed by atoms with van der Waals surface area (Å²) in [6, 6.07) is 5.70. The summed E-state index contributed by atoms with van der Waals surface area (Å²) in [5.74, 6) is 1.17. The Kier molecular flexibility index (Phi) is 6.36. The predicted octanol–water partition coefficient (Wildman–Crippen LogP) is 2.49. The molecule has 0 radical (unpaired) electrons. The highest BCUT2D eigenvalue weighted by Gasteiger charge is 2.09. The lowest BCUT2D eigenvalue weighted by Gasteiger charge is -2.18. The molecule has 4 heteroatoms. The Bertz CT molecular complexity index is 350. The van der Waals surface area contributed by atoms with Crippen molar-refractivity contribution in [2.75, 3.05) is 31.3 Å². The van der Waals surface area contributed by atoms with Crippen LogP contribution < -0.4 is 15.8 Å². The third-order valence-electron chi connectivity index (χ3n) is 3.10. The van der Waals surface area contributed by atoms with Crippen molar-refractivity contribution in [1.29, 1.82) is 0 Å². The Labute approximate surface area is 109 Å². The second-order valence-electron chi connectivity index (χ2n) is 4.47. The fourth-order valence-corrected chi connectivity index (χ4v) is 2.07. The summed E-state index contributed by atoms with van der Waals surface area (Å²) in [5.41, 5.74) is 7.53. The van der Waals surface area contributed by atoms with Crippen LogP contribution in [-0.2, 0) is 0 Å². The summed E-state index contributed by atoms with van der Waals surface area (Å²) >= 11 is 0. The molecule has 18 heavy (non-hydrogen) atoms. The molecule has 1 unspecified atom stereocenters. The van der Waals surface area contributed by atoms with Crippen molar-refractivity contribution in [1.82, 2.24) is 0 Å². The normalized spacial score (nSPS) is 12.2. The minimum Gasteiger partial charge on any atom is -0.495 e. The predicted molar refractivity (Wildman–Crippen MR) is 76.0 cm³/mol. The van der Waals surface area contributed by atoms with Gasteiger partial charge in [-0.25, -0.2) is 0 Å². The van der Waals surface area contributed by atoms with Gasteiger partial charge in [0, 0.05) is 13.2 Å². The van der Waals surface area contributed by atoms with E-state index in [-0.39, 0.29) is 6.61 Å². The zero-order valence-corrected chi connectivity index (χ0v) is 11.3. The largest absolute Gasteiger partial charge is 0.495 e. The summed E-state index contributed by atoms with van der Waals surface area (Å²) in [6.07, 6.45) is 3.06. The Hall–Kier alpha value is -1.42. The number of nitrogen functional groups attached to an aromatic ring is 1. The van der Waals surface area contributed by atoms with Gasteiger partial charge in [-0.3, -0.25) is 0 Å². The van der Waals surface area contributed by atoms with E-state index in [1.54, 1.807) is 7.11 Å². The van der Waals surface area contributed by atoms with E-state index in [9.17, 15) is 0 Å². The Balaban J connectivity index is 2.61. The molecule has 1 atom stereocenters. The zero-order chi connectivity index (χ0) is 13.4. The average molecular weight is 252 g/mol. The van der Waals surface area contributed by atoms with Gasteiger partial charge in [0.25, 0.3) is 0 Å². The SMILES string of the molecule is CCCC(CCO)CNc1cccc(OC)c1N. The first-order valence-electron chi connectivity index (χ1n) is 6.50. The molecule has 0 amide bonds. The van der Waals surface area contributed by atoms with Crippen molar-refractivity contribution < 1.29 is 9.84 Å². The van der Waals surface area contributed by atoms with Gasteiger partial charge < -0.3 is 20.9 Å². The third kappa shape index (κ3) is 4.11. The summed E-state index contributed by atoms with van der Waals surface area (Å²) in [7, 11) is 1.61. The van der Waals surface area contributed by atoms with E-state index in [2.05, 4.69) is 12.2 Å². The molecular weight excluding hydrogens is 228 g/mol. The quantitative estimate of drug-likeness (QED) is 0.622. The van der Waals surface area contributed by atoms with Gasteiger partial charge in [-0.15, -0.1) is 0 Å². The fraction of sp³-hybridized carbons (Fsp3) is 0.571. The van der Waals surface area contributed by atoms with Crippen molar-refractivity contribution >= 4 is 11.4 Å². The molecule has 0 spiro atoms. The molecule has 0 aromatic heterocycles. The molecule has 0 aliphatic heterocycles. The monoisotopic (exact) mass is 252 g/mol. The minimum absolute atomic E-state index is 0.236. The van der Waals surface area contributed by atoms with Crippen LogP contribution in [0.25, 0.3) is 0 Å². The van der Waals surface area contributed by atoms with Gasteiger partial charge >= 0.3 is 0 Å². The third-order valence-corrected chi connectivity index (χ3v) is 3.10. The number of aliphatic hydroxyl groups excluding tert-OH is 1. The van der Waals surface area contributed by atoms with Crippen LogP contribution in [0.15, 0.2) is 18.2 Å². The first kappa shape index (κ1) is 14.6. The second kappa shape index (κ2) is 7.82. The first-order chi connectivity index (χ1) is 8.72. The van der Waals surface area contributed by atoms with Crippen molar-refractivity contribution in [2.45, 2.75) is 26.2 Å². The molecule has 102 valence electrons. The van der Waals surface area contributed by atoms with E-state index in [4.69, 9.17) is 15.6 Å². The van der Waals surface area contributed by atoms with E-state index in [1.807, 2.05) is 18.2 Å². The summed E-state index contributed by atoms with van der Waals surface area (Å²) in [4.78, 5) is 0. The summed E-state index contributed by atoms with van der Waals surface area (Å²) in [6.45, 7) is 3.22. The Morgan fingerprint density at radius 2 is 2.17 bits per heavy atom. The number of methoxy groups -OCH3 is 1. The molecule has 1 rings (SSSR count). The molecule has 4 N–H and O–H groups in total. The summed E-state index contributed by atoms with van der Waals surface area (Å²) in [5, 5.41) is 12.4. The van der Waals surface area contributed by atoms with Gasteiger partial charge in [0.2, 0.25) is 0 Å². The molecule has 0 aliphatic rings. The fourth-order valence-electron chi connectivity index (χ4n) is 2.07. The van der Waals surface area contributed by atoms with Crippen LogP contribution in [0.3, 0.4) is 0 Å². The summed E-state index contributed by atoms with van der Waals surface area (Å²) < 4.78 is 5.18. The van der Waals surface area contributed by atoms with Gasteiger partial charge in [0.1, 0.15) is 5.75 Å². The average Bonchev–Trinajstić information content (AvgIpc) is 2.38. The molecule has 0 saturated carbocycles. The number of benzene rings is 1. The van der Waals surface area contributed by atoms with Crippen LogP contribution in [0, 0.1) is 5.92 Å². The van der Waals surface area contributed by atoms with Crippen molar-refractivity contribution in [3.8, 4) is 5.75 Å². The maximum atomic E-state index is 9.02. The number of aliphatic hydroxyl groups is 1. The molecular formula is C14H24N2O2. The minimum atomic E-state index is 0.236. The van der Waals surface area contributed by atoms with Crippen molar-refractivity contribution in [2.24, 2.45) is 5.92 Å². The molecule has 1 aromatic rings. The van der Waals surface area contributed by atoms with Crippen LogP contribution in [0.2, 0.25) is 0 Å². The maximum absolute atomic E-state index is 9.02. The van der Waals surface area contributed by atoms with E-state index in [0.717, 1.165) is 31.5 Å². The zero-order valence-electron chi connectivity index (χ0n) is 11.3. The van der Waals surface area contributed by atoms with Crippen LogP contribution in [0.4, 0.5) is 11.4 Å². The van der Waals surface area contributed by atoms with Gasteiger partial charge in [-0.2, -0.15) is 0 Å². The van der Waals surface area contributed by atoms with Gasteiger partial charge in [0.15, 0.2) is 0 Å². The van der Waals surface area contributed by atoms with Crippen molar-refractivity contribution in [3.63, 3.8) is 0 Å². The maximum Gasteiger partial charge on any atom is 0.143 e. The second-order valence-corrected chi connectivity index (χ2v) is 4.47. The highest BCUT2D eigenvalue weighted by atomic mass is 16.5. The lowest BCUT2D eigenvalue weighted by atomic mass is 10.00. The number of rotatable bonds is 8. The number of hydrogen-bond acceptors (Lipinski definition) is 4. The highest BCUT2D eigenvalue weighted by Crippen LogP contribution is 2.29. The van der Waals surface area contributed by atoms with E-state index < -0.39 is 0 Å². The van der Waals surface area contributed by atoms with Gasteiger partial charge in [-0.05, 0) is 30.9 Å². The number of nitrogens with one attached hydrogen (secondary N) is 1. The van der Waals surface area contributed by atoms with Gasteiger partial charge in [0.05, 0.1) is 18.5 Å². The van der Waals surface area contributed by atoms with E-state index in [0.29, 0.717) is 17.4 Å². The van der Waals surface area contributed by atoms with Gasteiger partial charge in [-0.1, -0.05) is 19.4 Å². The van der Waals surface area contributed by atoms with E-state index >= 15 is 0 Å². The first-order valence-corrected chi connectivity index (χ1v) is 6.50. The Morgan fingerprint density at radius 1 is 1.39 bits per heavy atom. The van der Waals surface area contributed by atoms with E-state index in [1.165, 1.54) is 0 Å². The number of ether oxygens (including phenoxy) is 1. The molecule has 4 nitrogen and oxygen atoms in total. The van der Waals surface area contributed by atoms with Crippen LogP contribution in [0.5, 0.6) is 5.75 Å². The lowest BCUT2D eigenvalue weighted by Crippen LogP contribution is -2.16. The number of para-hydroxylation sites is 1. The Morgan fingerprint density at radius 3 is 2.78 bits per heavy atom. The smallest absolute Gasteiger partial charge is 0.143 e. The molecule has 0 fully saturated rings. The van der Waals surface area contributed by atoms with Crippen LogP contribution >= 0.6 is 0 Å². The number of hydrogen-bond donors (Lipinski definition) is 3. The molecule has 0 heterocycles. The standard InChI is InChI=1S/C14H24N2O2/c1-3-5-11(8-9-17)10-16-12-6-4-7-13(18-2)14(12)15/h4,6-7,11,16-17H,3,5,8-10,15H2,1-2H3. The molecule has 0 saturated heterocycles. The van der Waals surface area contributed by atoms with Crippen LogP contribution in [0.1, 0.15) is 26.2 Å².